The van der Waals surface area contributed by atoms with E-state index >= 15 is 0 Å². The van der Waals surface area contributed by atoms with Crippen LogP contribution < -0.4 is 10.2 Å². The van der Waals surface area contributed by atoms with Gasteiger partial charge < -0.3 is 14.6 Å². The summed E-state index contributed by atoms with van der Waals surface area (Å²) in [5.74, 6) is 1.91. The lowest BCUT2D eigenvalue weighted by Gasteiger charge is -2.32. The molecule has 1 saturated heterocycles. The molecule has 0 saturated carbocycles. The first-order valence-corrected chi connectivity index (χ1v) is 11.6. The number of hydrogen-bond acceptors (Lipinski definition) is 6. The maximum atomic E-state index is 12.6. The molecule has 3 heterocycles. The molecule has 3 aromatic rings. The van der Waals surface area contributed by atoms with Gasteiger partial charge in [0.05, 0.1) is 12.2 Å². The van der Waals surface area contributed by atoms with E-state index in [1.165, 1.54) is 5.56 Å². The van der Waals surface area contributed by atoms with Crippen LogP contribution in [0, 0.1) is 12.8 Å². The molecule has 1 aliphatic rings. The van der Waals surface area contributed by atoms with Crippen LogP contribution in [-0.4, -0.2) is 35.7 Å². The number of furan rings is 1. The Morgan fingerprint density at radius 3 is 2.81 bits per heavy atom. The van der Waals surface area contributed by atoms with Crippen LogP contribution in [0.4, 0.5) is 5.82 Å². The molecule has 162 valence electrons. The minimum absolute atomic E-state index is 0.0132. The highest BCUT2D eigenvalue weighted by atomic mass is 32.2. The second kappa shape index (κ2) is 10.5. The summed E-state index contributed by atoms with van der Waals surface area (Å²) in [7, 11) is 0. The standard InChI is InChI=1S/C24H28N4O2S/c1-18-8-10-21(11-9-18)31-23-13-12-22(26-27-23)28-15-3-5-19(17-28)24(29)25-14-2-6-20-7-4-16-30-20/h4,7-13,16,19H,2-3,5-6,14-15,17H2,1H3,(H,25,29). The first-order chi connectivity index (χ1) is 15.2. The molecule has 0 radical (unpaired) electrons. The molecule has 0 spiro atoms. The van der Waals surface area contributed by atoms with E-state index in [2.05, 4.69) is 51.6 Å². The van der Waals surface area contributed by atoms with Crippen LogP contribution in [0.1, 0.15) is 30.6 Å². The summed E-state index contributed by atoms with van der Waals surface area (Å²) >= 11 is 1.60. The minimum atomic E-state index is -0.0132. The molecule has 0 bridgehead atoms. The fourth-order valence-electron chi connectivity index (χ4n) is 3.74. The van der Waals surface area contributed by atoms with Crippen molar-refractivity contribution in [2.75, 3.05) is 24.5 Å². The largest absolute Gasteiger partial charge is 0.469 e. The van der Waals surface area contributed by atoms with E-state index in [9.17, 15) is 4.79 Å². The first kappa shape index (κ1) is 21.4. The van der Waals surface area contributed by atoms with Crippen molar-refractivity contribution in [1.29, 1.82) is 0 Å². The number of aryl methyl sites for hydroxylation is 2. The molecule has 1 aromatic carbocycles. The molecule has 4 rings (SSSR count). The second-order valence-electron chi connectivity index (χ2n) is 7.90. The zero-order valence-electron chi connectivity index (χ0n) is 17.8. The van der Waals surface area contributed by atoms with Gasteiger partial charge in [-0.3, -0.25) is 4.79 Å². The van der Waals surface area contributed by atoms with E-state index in [1.54, 1.807) is 18.0 Å². The van der Waals surface area contributed by atoms with Crippen molar-refractivity contribution >= 4 is 23.5 Å². The summed E-state index contributed by atoms with van der Waals surface area (Å²) in [6, 6.07) is 16.3. The summed E-state index contributed by atoms with van der Waals surface area (Å²) < 4.78 is 5.33. The van der Waals surface area contributed by atoms with E-state index in [-0.39, 0.29) is 11.8 Å². The highest BCUT2D eigenvalue weighted by Gasteiger charge is 2.26. The average molecular weight is 437 g/mol. The van der Waals surface area contributed by atoms with Gasteiger partial charge in [-0.1, -0.05) is 29.5 Å². The zero-order chi connectivity index (χ0) is 21.5. The number of aromatic nitrogens is 2. The number of benzene rings is 1. The topological polar surface area (TPSA) is 71.3 Å². The molecule has 1 atom stereocenters. The molecular weight excluding hydrogens is 408 g/mol. The van der Waals surface area contributed by atoms with Crippen LogP contribution in [0.3, 0.4) is 0 Å². The van der Waals surface area contributed by atoms with Gasteiger partial charge in [0.1, 0.15) is 10.8 Å². The summed E-state index contributed by atoms with van der Waals surface area (Å²) in [6.45, 7) is 4.33. The smallest absolute Gasteiger partial charge is 0.224 e. The van der Waals surface area contributed by atoms with Gasteiger partial charge in [-0.2, -0.15) is 0 Å². The number of carbonyl (C=O) groups is 1. The Bertz CT molecular complexity index is 958. The van der Waals surface area contributed by atoms with Gasteiger partial charge in [-0.25, -0.2) is 0 Å². The highest BCUT2D eigenvalue weighted by Crippen LogP contribution is 2.27. The first-order valence-electron chi connectivity index (χ1n) is 10.8. The van der Waals surface area contributed by atoms with Crippen LogP contribution in [-0.2, 0) is 11.2 Å². The Morgan fingerprint density at radius 1 is 1.19 bits per heavy atom. The van der Waals surface area contributed by atoms with Crippen molar-refractivity contribution in [3.8, 4) is 0 Å². The third-order valence-electron chi connectivity index (χ3n) is 5.46. The molecule has 1 unspecified atom stereocenters. The van der Waals surface area contributed by atoms with Crippen LogP contribution in [0.2, 0.25) is 0 Å². The molecule has 1 amide bonds. The molecule has 1 fully saturated rings. The normalized spacial score (nSPS) is 16.3. The molecule has 2 aromatic heterocycles. The summed E-state index contributed by atoms with van der Waals surface area (Å²) in [4.78, 5) is 15.9. The lowest BCUT2D eigenvalue weighted by atomic mass is 9.97. The van der Waals surface area contributed by atoms with Crippen molar-refractivity contribution in [3.05, 3.63) is 66.1 Å². The summed E-state index contributed by atoms with van der Waals surface area (Å²) in [6.07, 6.45) is 5.29. The quantitative estimate of drug-likeness (QED) is 0.525. The third-order valence-corrected chi connectivity index (χ3v) is 6.40. The molecule has 1 N–H and O–H groups in total. The monoisotopic (exact) mass is 436 g/mol. The third kappa shape index (κ3) is 6.10. The van der Waals surface area contributed by atoms with Crippen molar-refractivity contribution in [1.82, 2.24) is 15.5 Å². The Balaban J connectivity index is 1.26. The van der Waals surface area contributed by atoms with Crippen molar-refractivity contribution in [2.45, 2.75) is 42.5 Å². The Morgan fingerprint density at radius 2 is 2.06 bits per heavy atom. The maximum Gasteiger partial charge on any atom is 0.224 e. The van der Waals surface area contributed by atoms with Gasteiger partial charge in [0.25, 0.3) is 0 Å². The van der Waals surface area contributed by atoms with E-state index in [0.29, 0.717) is 13.1 Å². The fraction of sp³-hybridized carbons (Fsp3) is 0.375. The second-order valence-corrected chi connectivity index (χ2v) is 9.00. The van der Waals surface area contributed by atoms with Crippen LogP contribution in [0.5, 0.6) is 0 Å². The van der Waals surface area contributed by atoms with Crippen LogP contribution >= 0.6 is 11.8 Å². The number of nitrogens with one attached hydrogen (secondary N) is 1. The summed E-state index contributed by atoms with van der Waals surface area (Å²) in [5.41, 5.74) is 1.24. The Labute approximate surface area is 187 Å². The van der Waals surface area contributed by atoms with E-state index < -0.39 is 0 Å². The Hall–Kier alpha value is -2.80. The van der Waals surface area contributed by atoms with Gasteiger partial charge >= 0.3 is 0 Å². The molecule has 31 heavy (non-hydrogen) atoms. The van der Waals surface area contributed by atoms with Gasteiger partial charge in [0.2, 0.25) is 5.91 Å². The van der Waals surface area contributed by atoms with Crippen LogP contribution in [0.15, 0.2) is 69.1 Å². The number of carbonyl (C=O) groups excluding carboxylic acids is 1. The zero-order valence-corrected chi connectivity index (χ0v) is 18.6. The maximum absolute atomic E-state index is 12.6. The fourth-order valence-corrected chi connectivity index (χ4v) is 4.47. The van der Waals surface area contributed by atoms with Crippen molar-refractivity contribution < 1.29 is 9.21 Å². The number of nitrogens with zero attached hydrogens (tertiary/aromatic N) is 3. The number of piperidine rings is 1. The molecule has 1 aliphatic heterocycles. The van der Waals surface area contributed by atoms with Gasteiger partial charge in [0, 0.05) is 31.0 Å². The van der Waals surface area contributed by atoms with Crippen LogP contribution in [0.25, 0.3) is 0 Å². The lowest BCUT2D eigenvalue weighted by Crippen LogP contribution is -2.43. The summed E-state index contributed by atoms with van der Waals surface area (Å²) in [5, 5.41) is 12.8. The highest BCUT2D eigenvalue weighted by molar-refractivity contribution is 7.99. The number of amides is 1. The van der Waals surface area contributed by atoms with Gasteiger partial charge in [0.15, 0.2) is 5.82 Å². The number of rotatable bonds is 8. The van der Waals surface area contributed by atoms with E-state index in [4.69, 9.17) is 4.42 Å². The minimum Gasteiger partial charge on any atom is -0.469 e. The van der Waals surface area contributed by atoms with Crippen molar-refractivity contribution in [2.24, 2.45) is 5.92 Å². The molecular formula is C24H28N4O2S. The average Bonchev–Trinajstić information content (AvgIpc) is 3.32. The molecule has 7 heteroatoms. The van der Waals surface area contributed by atoms with E-state index in [0.717, 1.165) is 53.7 Å². The predicted molar refractivity (Wildman–Crippen MR) is 122 cm³/mol. The molecule has 0 aliphatic carbocycles. The van der Waals surface area contributed by atoms with E-state index in [1.807, 2.05) is 24.3 Å². The Kier molecular flexibility index (Phi) is 7.25. The lowest BCUT2D eigenvalue weighted by molar-refractivity contribution is -0.125. The molecule has 6 nitrogen and oxygen atoms in total. The number of hydrogen-bond donors (Lipinski definition) is 1. The van der Waals surface area contributed by atoms with Gasteiger partial charge in [-0.15, -0.1) is 10.2 Å². The predicted octanol–water partition coefficient (Wildman–Crippen LogP) is 4.49. The van der Waals surface area contributed by atoms with Crippen molar-refractivity contribution in [3.63, 3.8) is 0 Å². The number of anilines is 1. The SMILES string of the molecule is Cc1ccc(Sc2ccc(N3CCCC(C(=O)NCCCc4ccco4)C3)nn2)cc1. The van der Waals surface area contributed by atoms with Gasteiger partial charge in [-0.05, 0) is 62.6 Å².